The van der Waals surface area contributed by atoms with Crippen LogP contribution in [0.25, 0.3) is 16.0 Å². The van der Waals surface area contributed by atoms with Crippen LogP contribution >= 0.6 is 35.3 Å². The van der Waals surface area contributed by atoms with Gasteiger partial charge in [0.2, 0.25) is 0 Å². The van der Waals surface area contributed by atoms with Gasteiger partial charge in [-0.1, -0.05) is 48.2 Å². The van der Waals surface area contributed by atoms with E-state index in [-0.39, 0.29) is 16.7 Å². The van der Waals surface area contributed by atoms with E-state index in [2.05, 4.69) is 4.98 Å². The number of fused-ring (bicyclic) bond motifs is 1. The minimum absolute atomic E-state index is 0.121. The monoisotopic (exact) mass is 392 g/mol. The number of carbonyl (C=O) groups excluding carboxylic acids is 1. The van der Waals surface area contributed by atoms with Gasteiger partial charge in [-0.15, -0.1) is 0 Å². The number of nitrogens with zero attached hydrogens (tertiary/aromatic N) is 3. The third-order valence-corrected chi connectivity index (χ3v) is 6.18. The van der Waals surface area contributed by atoms with Crippen LogP contribution in [0.1, 0.15) is 19.4 Å². The van der Waals surface area contributed by atoms with Crippen molar-refractivity contribution in [2.45, 2.75) is 23.7 Å². The highest BCUT2D eigenvalue weighted by Gasteiger charge is 2.21. The van der Waals surface area contributed by atoms with Crippen molar-refractivity contribution >= 4 is 51.6 Å². The Morgan fingerprint density at radius 3 is 2.64 bits per heavy atom. The lowest BCUT2D eigenvalue weighted by molar-refractivity contribution is -0.310. The standard InChI is InChI=1S/C16H15N3O3S3/c1-3-10(14(21)22)19-12(20)11-13(25-15(17-11)24-2)18(16(19)23)9-7-5-4-6-8-9/h4-8,10H,3H2,1-2H3,(H,21,22)/p-1. The second-order valence-corrected chi connectivity index (χ2v) is 7.61. The van der Waals surface area contributed by atoms with Crippen LogP contribution in [-0.4, -0.2) is 26.3 Å². The van der Waals surface area contributed by atoms with Crippen molar-refractivity contribution in [2.24, 2.45) is 0 Å². The van der Waals surface area contributed by atoms with Crippen molar-refractivity contribution in [2.75, 3.05) is 6.26 Å². The number of hydrogen-bond acceptors (Lipinski definition) is 7. The topological polar surface area (TPSA) is 79.9 Å². The van der Waals surface area contributed by atoms with Gasteiger partial charge in [-0.25, -0.2) is 4.98 Å². The SMILES string of the molecule is CCC(C(=O)[O-])n1c(=O)c2nc(SC)sc2n(-c2ccccc2)c1=S. The first kappa shape index (κ1) is 17.8. The summed E-state index contributed by atoms with van der Waals surface area (Å²) in [6.07, 6.45) is 2.05. The van der Waals surface area contributed by atoms with Gasteiger partial charge in [0.1, 0.15) is 4.83 Å². The molecule has 0 aliphatic carbocycles. The summed E-state index contributed by atoms with van der Waals surface area (Å²) in [5, 5.41) is 11.5. The summed E-state index contributed by atoms with van der Waals surface area (Å²) in [6, 6.07) is 8.14. The molecule has 6 nitrogen and oxygen atoms in total. The Kier molecular flexibility index (Phi) is 5.07. The second-order valence-electron chi connectivity index (χ2n) is 5.21. The van der Waals surface area contributed by atoms with E-state index in [0.29, 0.717) is 9.17 Å². The van der Waals surface area contributed by atoms with E-state index in [1.807, 2.05) is 36.6 Å². The normalized spacial score (nSPS) is 12.4. The van der Waals surface area contributed by atoms with E-state index in [4.69, 9.17) is 12.2 Å². The average molecular weight is 393 g/mol. The Morgan fingerprint density at radius 1 is 1.40 bits per heavy atom. The zero-order chi connectivity index (χ0) is 18.1. The highest BCUT2D eigenvalue weighted by atomic mass is 32.2. The third-order valence-electron chi connectivity index (χ3n) is 3.77. The van der Waals surface area contributed by atoms with Crippen molar-refractivity contribution in [3.05, 3.63) is 45.5 Å². The number of carboxylic acids is 1. The van der Waals surface area contributed by atoms with Crippen LogP contribution in [-0.2, 0) is 4.79 Å². The predicted molar refractivity (Wildman–Crippen MR) is 100 cm³/mol. The van der Waals surface area contributed by atoms with E-state index < -0.39 is 17.6 Å². The van der Waals surface area contributed by atoms with Crippen molar-refractivity contribution in [1.82, 2.24) is 14.1 Å². The molecular formula is C16H14N3O3S3-. The molecule has 9 heteroatoms. The molecule has 25 heavy (non-hydrogen) atoms. The fraction of sp³-hybridized carbons (Fsp3) is 0.250. The minimum Gasteiger partial charge on any atom is -0.548 e. The van der Waals surface area contributed by atoms with Crippen LogP contribution < -0.4 is 10.7 Å². The number of hydrogen-bond donors (Lipinski definition) is 0. The van der Waals surface area contributed by atoms with Gasteiger partial charge in [0.05, 0.1) is 12.0 Å². The first-order valence-corrected chi connectivity index (χ1v) is 9.92. The highest BCUT2D eigenvalue weighted by Crippen LogP contribution is 2.29. The number of carbonyl (C=O) groups is 1. The molecule has 0 N–H and O–H groups in total. The van der Waals surface area contributed by atoms with Crippen molar-refractivity contribution in [3.8, 4) is 5.69 Å². The van der Waals surface area contributed by atoms with Gasteiger partial charge in [0, 0.05) is 5.69 Å². The van der Waals surface area contributed by atoms with Gasteiger partial charge in [0.25, 0.3) is 5.56 Å². The largest absolute Gasteiger partial charge is 0.548 e. The molecule has 0 fully saturated rings. The van der Waals surface area contributed by atoms with Crippen LogP contribution in [0.5, 0.6) is 0 Å². The predicted octanol–water partition coefficient (Wildman–Crippen LogP) is 2.40. The van der Waals surface area contributed by atoms with E-state index >= 15 is 0 Å². The Morgan fingerprint density at radius 2 is 2.08 bits per heavy atom. The maximum atomic E-state index is 12.9. The summed E-state index contributed by atoms with van der Waals surface area (Å²) in [7, 11) is 0. The molecule has 0 aliphatic rings. The minimum atomic E-state index is -1.34. The number of para-hydroxylation sites is 1. The van der Waals surface area contributed by atoms with Gasteiger partial charge < -0.3 is 9.90 Å². The Hall–Kier alpha value is -1.97. The Bertz CT molecular complexity index is 1050. The number of carboxylic acid groups (broad SMARTS) is 1. The number of aliphatic carboxylic acids is 1. The summed E-state index contributed by atoms with van der Waals surface area (Å²) in [5.74, 6) is -1.34. The van der Waals surface area contributed by atoms with Gasteiger partial charge in [-0.05, 0) is 37.0 Å². The molecule has 0 saturated heterocycles. The van der Waals surface area contributed by atoms with Gasteiger partial charge >= 0.3 is 0 Å². The summed E-state index contributed by atoms with van der Waals surface area (Å²) < 4.78 is 3.64. The molecule has 0 spiro atoms. The first-order valence-electron chi connectivity index (χ1n) is 7.48. The fourth-order valence-electron chi connectivity index (χ4n) is 2.60. The Labute approximate surface area is 156 Å². The molecule has 0 radical (unpaired) electrons. The second kappa shape index (κ2) is 7.11. The summed E-state index contributed by atoms with van der Waals surface area (Å²) >= 11 is 8.28. The maximum Gasteiger partial charge on any atom is 0.282 e. The highest BCUT2D eigenvalue weighted by molar-refractivity contribution is 8.00. The number of rotatable bonds is 5. The fourth-order valence-corrected chi connectivity index (χ4v) is 4.63. The van der Waals surface area contributed by atoms with Gasteiger partial charge in [0.15, 0.2) is 14.6 Å². The number of thioether (sulfide) groups is 1. The lowest BCUT2D eigenvalue weighted by Gasteiger charge is -2.21. The maximum absolute atomic E-state index is 12.9. The zero-order valence-corrected chi connectivity index (χ0v) is 15.9. The molecule has 130 valence electrons. The van der Waals surface area contributed by atoms with Gasteiger partial charge in [-0.2, -0.15) is 0 Å². The number of aromatic nitrogens is 3. The van der Waals surface area contributed by atoms with E-state index in [0.717, 1.165) is 10.3 Å². The summed E-state index contributed by atoms with van der Waals surface area (Å²) in [5.41, 5.74) is 0.460. The van der Waals surface area contributed by atoms with Crippen LogP contribution in [0.2, 0.25) is 0 Å². The van der Waals surface area contributed by atoms with E-state index in [1.165, 1.54) is 23.1 Å². The average Bonchev–Trinajstić information content (AvgIpc) is 3.03. The lowest BCUT2D eigenvalue weighted by Crippen LogP contribution is -2.39. The van der Waals surface area contributed by atoms with E-state index in [9.17, 15) is 14.7 Å². The molecular weight excluding hydrogens is 378 g/mol. The van der Waals surface area contributed by atoms with Crippen LogP contribution in [0, 0.1) is 4.77 Å². The van der Waals surface area contributed by atoms with Crippen LogP contribution in [0.3, 0.4) is 0 Å². The molecule has 3 rings (SSSR count). The first-order chi connectivity index (χ1) is 12.0. The van der Waals surface area contributed by atoms with Crippen molar-refractivity contribution in [1.29, 1.82) is 0 Å². The van der Waals surface area contributed by atoms with Crippen molar-refractivity contribution in [3.63, 3.8) is 0 Å². The molecule has 3 aromatic rings. The quantitative estimate of drug-likeness (QED) is 0.490. The summed E-state index contributed by atoms with van der Waals surface area (Å²) in [6.45, 7) is 1.67. The molecule has 2 aromatic heterocycles. The Balaban J connectivity index is 2.49. The van der Waals surface area contributed by atoms with Crippen LogP contribution in [0.15, 0.2) is 39.5 Å². The molecule has 0 amide bonds. The van der Waals surface area contributed by atoms with Crippen LogP contribution in [0.4, 0.5) is 0 Å². The molecule has 1 atom stereocenters. The molecule has 1 aromatic carbocycles. The number of thiazole rings is 1. The lowest BCUT2D eigenvalue weighted by atomic mass is 10.2. The van der Waals surface area contributed by atoms with Gasteiger partial charge in [-0.3, -0.25) is 13.9 Å². The van der Waals surface area contributed by atoms with E-state index in [1.54, 1.807) is 11.5 Å². The molecule has 0 saturated carbocycles. The third kappa shape index (κ3) is 3.03. The molecule has 2 heterocycles. The number of benzene rings is 1. The molecule has 0 bridgehead atoms. The van der Waals surface area contributed by atoms with Crippen molar-refractivity contribution < 1.29 is 9.90 Å². The summed E-state index contributed by atoms with van der Waals surface area (Å²) in [4.78, 5) is 29.4. The molecule has 0 aliphatic heterocycles. The smallest absolute Gasteiger partial charge is 0.282 e. The zero-order valence-electron chi connectivity index (χ0n) is 13.5. The molecule has 1 unspecified atom stereocenters.